The summed E-state index contributed by atoms with van der Waals surface area (Å²) in [6.45, 7) is 0.946. The van der Waals surface area contributed by atoms with Crippen LogP contribution in [0.15, 0.2) is 48.5 Å². The molecule has 5 nitrogen and oxygen atoms in total. The Balaban J connectivity index is 1.49. The Bertz CT molecular complexity index is 1510. The zero-order valence-corrected chi connectivity index (χ0v) is 18.8. The summed E-state index contributed by atoms with van der Waals surface area (Å²) in [5, 5.41) is 16.3. The highest BCUT2D eigenvalue weighted by Gasteiger charge is 2.72. The number of nitrogens with one attached hydrogen (secondary N) is 1. The molecule has 1 saturated heterocycles. The average Bonchev–Trinajstić information content (AvgIpc) is 3.37. The van der Waals surface area contributed by atoms with Gasteiger partial charge in [-0.25, -0.2) is 0 Å². The van der Waals surface area contributed by atoms with E-state index in [1.54, 1.807) is 7.11 Å². The second-order valence-electron chi connectivity index (χ2n) is 10.4. The molecule has 2 aliphatic carbocycles. The summed E-state index contributed by atoms with van der Waals surface area (Å²) in [5.41, 5.74) is 4.59. The minimum Gasteiger partial charge on any atom is -0.493 e. The quantitative estimate of drug-likeness (QED) is 0.467. The number of hydrogen-bond donors (Lipinski definition) is 2. The van der Waals surface area contributed by atoms with Gasteiger partial charge in [0.05, 0.1) is 29.3 Å². The summed E-state index contributed by atoms with van der Waals surface area (Å²) >= 11 is 0. The van der Waals surface area contributed by atoms with Crippen LogP contribution in [0, 0.1) is 0 Å². The number of rotatable bonds is 1. The van der Waals surface area contributed by atoms with Gasteiger partial charge in [-0.1, -0.05) is 42.5 Å². The number of likely N-dealkylation sites (N-methyl/N-ethyl adjacent to an activating group) is 1. The first-order valence-corrected chi connectivity index (χ1v) is 11.9. The zero-order valence-electron chi connectivity index (χ0n) is 18.8. The molecule has 1 aromatic heterocycles. The monoisotopic (exact) mass is 438 g/mol. The largest absolute Gasteiger partial charge is 0.493 e. The van der Waals surface area contributed by atoms with Crippen LogP contribution in [0.4, 0.5) is 0 Å². The van der Waals surface area contributed by atoms with Crippen molar-refractivity contribution in [1.29, 1.82) is 0 Å². The van der Waals surface area contributed by atoms with E-state index in [1.165, 1.54) is 32.8 Å². The Labute approximate surface area is 191 Å². The third kappa shape index (κ3) is 1.88. The standard InChI is InChI=1S/C28H26N2O3/c1-30-12-11-27-22-16-8-10-20(32-2)25(22)33-26(27)24-19(14-28(27,31)21(30)13-16)18-9-7-15-5-3-4-6-17(15)23(18)29-24/h3-10,21,26,29,31H,11-14H2,1-2H3/t21-,26?,27+,28?/m1/s1. The Kier molecular flexibility index (Phi) is 3.19. The normalized spacial score (nSPS) is 31.4. The minimum atomic E-state index is -0.900. The number of aliphatic hydroxyl groups is 1. The number of piperidine rings is 1. The van der Waals surface area contributed by atoms with E-state index in [4.69, 9.17) is 9.47 Å². The molecule has 3 heterocycles. The van der Waals surface area contributed by atoms with Gasteiger partial charge < -0.3 is 24.5 Å². The molecule has 0 saturated carbocycles. The fourth-order valence-electron chi connectivity index (χ4n) is 7.79. The number of benzene rings is 3. The molecule has 4 atom stereocenters. The van der Waals surface area contributed by atoms with Gasteiger partial charge in [0.15, 0.2) is 17.6 Å². The molecule has 5 heteroatoms. The molecule has 2 unspecified atom stereocenters. The number of fused-ring (bicyclic) bond motifs is 6. The van der Waals surface area contributed by atoms with Crippen LogP contribution >= 0.6 is 0 Å². The summed E-state index contributed by atoms with van der Waals surface area (Å²) in [4.78, 5) is 6.17. The Hall–Kier alpha value is -3.02. The van der Waals surface area contributed by atoms with E-state index in [2.05, 4.69) is 59.4 Å². The molecule has 0 radical (unpaired) electrons. The Morgan fingerprint density at radius 3 is 2.88 bits per heavy atom. The van der Waals surface area contributed by atoms with Crippen LogP contribution in [0.25, 0.3) is 21.7 Å². The topological polar surface area (TPSA) is 57.7 Å². The molecular formula is C28H26N2O3. The molecule has 1 fully saturated rings. The molecule has 4 aliphatic rings. The molecule has 3 aromatic carbocycles. The summed E-state index contributed by atoms with van der Waals surface area (Å²) in [6, 6.07) is 17.2. The van der Waals surface area contributed by atoms with Crippen molar-refractivity contribution in [2.75, 3.05) is 20.7 Å². The highest BCUT2D eigenvalue weighted by atomic mass is 16.5. The summed E-state index contributed by atoms with van der Waals surface area (Å²) in [7, 11) is 3.86. The van der Waals surface area contributed by atoms with Gasteiger partial charge in [0, 0.05) is 28.8 Å². The van der Waals surface area contributed by atoms with Gasteiger partial charge in [0.1, 0.15) is 0 Å². The maximum Gasteiger partial charge on any atom is 0.166 e. The van der Waals surface area contributed by atoms with E-state index in [9.17, 15) is 5.11 Å². The van der Waals surface area contributed by atoms with E-state index in [0.29, 0.717) is 6.42 Å². The van der Waals surface area contributed by atoms with Crippen molar-refractivity contribution in [2.24, 2.45) is 0 Å². The van der Waals surface area contributed by atoms with Crippen LogP contribution in [-0.2, 0) is 18.3 Å². The maximum atomic E-state index is 12.7. The number of ether oxygens (including phenoxy) is 2. The fraction of sp³-hybridized carbons (Fsp3) is 0.357. The Morgan fingerprint density at radius 2 is 2.00 bits per heavy atom. The van der Waals surface area contributed by atoms with Crippen molar-refractivity contribution in [3.8, 4) is 11.5 Å². The van der Waals surface area contributed by atoms with Gasteiger partial charge in [0.2, 0.25) is 0 Å². The van der Waals surface area contributed by atoms with Crippen LogP contribution in [0.2, 0.25) is 0 Å². The van der Waals surface area contributed by atoms with E-state index >= 15 is 0 Å². The highest BCUT2D eigenvalue weighted by Crippen LogP contribution is 2.69. The fourth-order valence-corrected chi connectivity index (χ4v) is 7.79. The van der Waals surface area contributed by atoms with E-state index in [1.807, 2.05) is 6.07 Å². The first-order valence-electron chi connectivity index (χ1n) is 11.9. The van der Waals surface area contributed by atoms with Crippen LogP contribution in [0.1, 0.15) is 34.9 Å². The molecule has 1 spiro atoms. The number of methoxy groups -OCH3 is 1. The van der Waals surface area contributed by atoms with Gasteiger partial charge >= 0.3 is 0 Å². The lowest BCUT2D eigenvalue weighted by atomic mass is 9.49. The van der Waals surface area contributed by atoms with Gasteiger partial charge in [-0.2, -0.15) is 0 Å². The first-order chi connectivity index (χ1) is 16.1. The first kappa shape index (κ1) is 18.4. The predicted octanol–water partition coefficient (Wildman–Crippen LogP) is 4.25. The van der Waals surface area contributed by atoms with Gasteiger partial charge in [-0.05, 0) is 49.0 Å². The number of likely N-dealkylation sites (tertiary alicyclic amines) is 1. The van der Waals surface area contributed by atoms with Gasteiger partial charge in [0.25, 0.3) is 0 Å². The lowest BCUT2D eigenvalue weighted by Gasteiger charge is -2.62. The minimum absolute atomic E-state index is 0.0581. The highest BCUT2D eigenvalue weighted by molar-refractivity contribution is 6.07. The molecule has 2 bridgehead atoms. The molecule has 166 valence electrons. The maximum absolute atomic E-state index is 12.7. The number of aromatic amines is 1. The third-order valence-electron chi connectivity index (χ3n) is 9.23. The third-order valence-corrected chi connectivity index (χ3v) is 9.23. The summed E-state index contributed by atoms with van der Waals surface area (Å²) < 4.78 is 12.6. The molecule has 2 N–H and O–H groups in total. The molecule has 2 aliphatic heterocycles. The van der Waals surface area contributed by atoms with Gasteiger partial charge in [-0.3, -0.25) is 0 Å². The summed E-state index contributed by atoms with van der Waals surface area (Å²) in [5.74, 6) is 1.60. The number of hydrogen-bond acceptors (Lipinski definition) is 4. The van der Waals surface area contributed by atoms with Crippen LogP contribution in [0.5, 0.6) is 11.5 Å². The molecule has 8 rings (SSSR count). The number of H-pyrrole nitrogens is 1. The SMILES string of the molecule is COc1ccc2c3c1OC1c4[nH]c5c(ccc6ccccc65)c4CC4(O)[C@@H](C2)N(C)CC[C@]314. The second-order valence-corrected chi connectivity index (χ2v) is 10.4. The van der Waals surface area contributed by atoms with E-state index < -0.39 is 11.0 Å². The molecule has 0 amide bonds. The van der Waals surface area contributed by atoms with Crippen molar-refractivity contribution in [3.05, 3.63) is 70.9 Å². The lowest BCUT2D eigenvalue weighted by Crippen LogP contribution is -2.73. The molecule has 33 heavy (non-hydrogen) atoms. The lowest BCUT2D eigenvalue weighted by molar-refractivity contribution is -0.167. The Morgan fingerprint density at radius 1 is 1.12 bits per heavy atom. The number of nitrogens with zero attached hydrogens (tertiary/aromatic N) is 1. The molecular weight excluding hydrogens is 412 g/mol. The number of aromatic nitrogens is 1. The zero-order chi connectivity index (χ0) is 22.1. The van der Waals surface area contributed by atoms with Crippen LogP contribution in [-0.4, -0.2) is 47.3 Å². The van der Waals surface area contributed by atoms with E-state index in [-0.39, 0.29) is 12.1 Å². The van der Waals surface area contributed by atoms with Crippen LogP contribution in [0.3, 0.4) is 0 Å². The molecule has 4 aromatic rings. The van der Waals surface area contributed by atoms with Crippen LogP contribution < -0.4 is 9.47 Å². The van der Waals surface area contributed by atoms with Crippen molar-refractivity contribution in [1.82, 2.24) is 9.88 Å². The predicted molar refractivity (Wildman–Crippen MR) is 127 cm³/mol. The van der Waals surface area contributed by atoms with Gasteiger partial charge in [-0.15, -0.1) is 0 Å². The average molecular weight is 439 g/mol. The van der Waals surface area contributed by atoms with E-state index in [0.717, 1.165) is 42.1 Å². The van der Waals surface area contributed by atoms with Crippen molar-refractivity contribution in [3.63, 3.8) is 0 Å². The smallest absolute Gasteiger partial charge is 0.166 e. The summed E-state index contributed by atoms with van der Waals surface area (Å²) in [6.07, 6.45) is 2.08. The van der Waals surface area contributed by atoms with Crippen molar-refractivity contribution < 1.29 is 14.6 Å². The van der Waals surface area contributed by atoms with Crippen molar-refractivity contribution >= 4 is 21.7 Å². The second kappa shape index (κ2) is 5.72. The van der Waals surface area contributed by atoms with Crippen molar-refractivity contribution in [2.45, 2.75) is 42.4 Å².